The third-order valence-electron chi connectivity index (χ3n) is 3.45. The number of ether oxygens (including phenoxy) is 3. The zero-order chi connectivity index (χ0) is 15.3. The largest absolute Gasteiger partial charge is 0.493 e. The highest BCUT2D eigenvalue weighted by Gasteiger charge is 2.19. The normalized spacial score (nSPS) is 18.7. The van der Waals surface area contributed by atoms with Crippen LogP contribution in [0.1, 0.15) is 19.3 Å². The van der Waals surface area contributed by atoms with Gasteiger partial charge in [0.25, 0.3) is 0 Å². The fourth-order valence-electron chi connectivity index (χ4n) is 2.29. The summed E-state index contributed by atoms with van der Waals surface area (Å²) in [6.45, 7) is 1.13. The Kier molecular flexibility index (Phi) is 5.44. The Morgan fingerprint density at radius 2 is 2.05 bits per heavy atom. The first-order valence-corrected chi connectivity index (χ1v) is 8.38. The van der Waals surface area contributed by atoms with E-state index in [1.165, 1.54) is 26.4 Å². The highest BCUT2D eigenvalue weighted by atomic mass is 32.2. The van der Waals surface area contributed by atoms with E-state index >= 15 is 0 Å². The molecule has 6 nitrogen and oxygen atoms in total. The Hall–Kier alpha value is -1.31. The van der Waals surface area contributed by atoms with Gasteiger partial charge < -0.3 is 14.2 Å². The zero-order valence-electron chi connectivity index (χ0n) is 12.3. The Bertz CT molecular complexity index is 567. The van der Waals surface area contributed by atoms with Crippen LogP contribution in [0.15, 0.2) is 23.1 Å². The summed E-state index contributed by atoms with van der Waals surface area (Å²) < 4.78 is 42.7. The highest BCUT2D eigenvalue weighted by molar-refractivity contribution is 7.89. The van der Waals surface area contributed by atoms with Crippen molar-refractivity contribution >= 4 is 10.0 Å². The van der Waals surface area contributed by atoms with E-state index < -0.39 is 10.0 Å². The van der Waals surface area contributed by atoms with Crippen molar-refractivity contribution in [3.05, 3.63) is 18.2 Å². The van der Waals surface area contributed by atoms with Gasteiger partial charge in [0.2, 0.25) is 10.0 Å². The molecule has 0 aromatic heterocycles. The molecule has 2 rings (SSSR count). The Morgan fingerprint density at radius 1 is 1.29 bits per heavy atom. The van der Waals surface area contributed by atoms with Gasteiger partial charge >= 0.3 is 0 Å². The van der Waals surface area contributed by atoms with Gasteiger partial charge in [0.05, 0.1) is 25.2 Å². The molecule has 1 saturated heterocycles. The van der Waals surface area contributed by atoms with Crippen LogP contribution in [0.3, 0.4) is 0 Å². The molecular formula is C14H21NO5S. The van der Waals surface area contributed by atoms with Gasteiger partial charge in [-0.05, 0) is 31.4 Å². The zero-order valence-corrected chi connectivity index (χ0v) is 13.1. The molecule has 0 radical (unpaired) electrons. The summed E-state index contributed by atoms with van der Waals surface area (Å²) in [7, 11) is -0.573. The minimum atomic E-state index is -3.55. The molecule has 0 saturated carbocycles. The van der Waals surface area contributed by atoms with Gasteiger partial charge in [-0.1, -0.05) is 0 Å². The van der Waals surface area contributed by atoms with Gasteiger partial charge in [-0.3, -0.25) is 0 Å². The Balaban J connectivity index is 2.01. The summed E-state index contributed by atoms with van der Waals surface area (Å²) in [5, 5.41) is 0. The molecule has 1 aromatic carbocycles. The molecule has 1 unspecified atom stereocenters. The van der Waals surface area contributed by atoms with Crippen LogP contribution in [-0.4, -0.2) is 41.9 Å². The number of sulfonamides is 1. The fraction of sp³-hybridized carbons (Fsp3) is 0.571. The Labute approximate surface area is 125 Å². The van der Waals surface area contributed by atoms with Crippen LogP contribution >= 0.6 is 0 Å². The van der Waals surface area contributed by atoms with Crippen molar-refractivity contribution in [1.82, 2.24) is 4.72 Å². The SMILES string of the molecule is COc1ccc(S(=O)(=O)NCCC2CCCO2)cc1OC. The van der Waals surface area contributed by atoms with Crippen LogP contribution < -0.4 is 14.2 Å². The summed E-state index contributed by atoms with van der Waals surface area (Å²) in [4.78, 5) is 0.160. The van der Waals surface area contributed by atoms with Crippen molar-refractivity contribution in [2.45, 2.75) is 30.3 Å². The Morgan fingerprint density at radius 3 is 2.67 bits per heavy atom. The minimum absolute atomic E-state index is 0.160. The molecule has 0 aliphatic carbocycles. The van der Waals surface area contributed by atoms with Crippen LogP contribution in [-0.2, 0) is 14.8 Å². The van der Waals surface area contributed by atoms with Gasteiger partial charge in [-0.15, -0.1) is 0 Å². The van der Waals surface area contributed by atoms with Crippen LogP contribution in [0.5, 0.6) is 11.5 Å². The molecule has 0 bridgehead atoms. The first kappa shape index (κ1) is 16.1. The molecule has 1 aliphatic heterocycles. The lowest BCUT2D eigenvalue weighted by Crippen LogP contribution is -2.27. The van der Waals surface area contributed by atoms with E-state index in [-0.39, 0.29) is 11.0 Å². The monoisotopic (exact) mass is 315 g/mol. The number of hydrogen-bond acceptors (Lipinski definition) is 5. The van der Waals surface area contributed by atoms with E-state index in [0.29, 0.717) is 24.5 Å². The van der Waals surface area contributed by atoms with Crippen molar-refractivity contribution in [2.24, 2.45) is 0 Å². The van der Waals surface area contributed by atoms with E-state index in [4.69, 9.17) is 14.2 Å². The second-order valence-electron chi connectivity index (χ2n) is 4.84. The second kappa shape index (κ2) is 7.11. The minimum Gasteiger partial charge on any atom is -0.493 e. The van der Waals surface area contributed by atoms with E-state index in [0.717, 1.165) is 19.4 Å². The van der Waals surface area contributed by atoms with E-state index in [2.05, 4.69) is 4.72 Å². The van der Waals surface area contributed by atoms with E-state index in [1.54, 1.807) is 6.07 Å². The molecule has 0 spiro atoms. The topological polar surface area (TPSA) is 73.9 Å². The quantitative estimate of drug-likeness (QED) is 0.826. The van der Waals surface area contributed by atoms with Gasteiger partial charge in [-0.2, -0.15) is 0 Å². The van der Waals surface area contributed by atoms with Crippen molar-refractivity contribution in [3.63, 3.8) is 0 Å². The summed E-state index contributed by atoms with van der Waals surface area (Å²) in [6, 6.07) is 4.52. The fourth-order valence-corrected chi connectivity index (χ4v) is 3.36. The molecule has 118 valence electrons. The molecule has 1 heterocycles. The molecule has 1 fully saturated rings. The molecule has 7 heteroatoms. The molecule has 1 N–H and O–H groups in total. The van der Waals surface area contributed by atoms with Crippen LogP contribution in [0.25, 0.3) is 0 Å². The lowest BCUT2D eigenvalue weighted by Gasteiger charge is -2.12. The number of hydrogen-bond donors (Lipinski definition) is 1. The van der Waals surface area contributed by atoms with E-state index in [9.17, 15) is 8.42 Å². The molecule has 1 aliphatic rings. The van der Waals surface area contributed by atoms with Crippen LogP contribution in [0.2, 0.25) is 0 Å². The average molecular weight is 315 g/mol. The van der Waals surface area contributed by atoms with Crippen molar-refractivity contribution in [3.8, 4) is 11.5 Å². The number of methoxy groups -OCH3 is 2. The maximum atomic E-state index is 12.2. The van der Waals surface area contributed by atoms with Crippen molar-refractivity contribution < 1.29 is 22.6 Å². The lowest BCUT2D eigenvalue weighted by atomic mass is 10.2. The maximum absolute atomic E-state index is 12.2. The van der Waals surface area contributed by atoms with Crippen molar-refractivity contribution in [1.29, 1.82) is 0 Å². The number of nitrogens with one attached hydrogen (secondary N) is 1. The van der Waals surface area contributed by atoms with Gasteiger partial charge in [0.1, 0.15) is 0 Å². The number of benzene rings is 1. The molecule has 21 heavy (non-hydrogen) atoms. The highest BCUT2D eigenvalue weighted by Crippen LogP contribution is 2.29. The first-order valence-electron chi connectivity index (χ1n) is 6.90. The number of rotatable bonds is 7. The third-order valence-corrected chi connectivity index (χ3v) is 4.91. The molecule has 0 amide bonds. The van der Waals surface area contributed by atoms with Gasteiger partial charge in [-0.25, -0.2) is 13.1 Å². The smallest absolute Gasteiger partial charge is 0.240 e. The van der Waals surface area contributed by atoms with Crippen molar-refractivity contribution in [2.75, 3.05) is 27.4 Å². The summed E-state index contributed by atoms with van der Waals surface area (Å²) in [6.07, 6.45) is 2.90. The predicted molar refractivity (Wildman–Crippen MR) is 78.3 cm³/mol. The molecule has 1 atom stereocenters. The maximum Gasteiger partial charge on any atom is 0.240 e. The summed E-state index contributed by atoms with van der Waals surface area (Å²) in [5.74, 6) is 0.885. The molecular weight excluding hydrogens is 294 g/mol. The van der Waals surface area contributed by atoms with E-state index in [1.807, 2.05) is 0 Å². The van der Waals surface area contributed by atoms with Crippen LogP contribution in [0.4, 0.5) is 0 Å². The van der Waals surface area contributed by atoms with Crippen LogP contribution in [0, 0.1) is 0 Å². The third kappa shape index (κ3) is 4.09. The van der Waals surface area contributed by atoms with Gasteiger partial charge in [0.15, 0.2) is 11.5 Å². The summed E-state index contributed by atoms with van der Waals surface area (Å²) in [5.41, 5.74) is 0. The first-order chi connectivity index (χ1) is 10.1. The molecule has 1 aromatic rings. The second-order valence-corrected chi connectivity index (χ2v) is 6.61. The predicted octanol–water partition coefficient (Wildman–Crippen LogP) is 1.55. The van der Waals surface area contributed by atoms with Gasteiger partial charge in [0, 0.05) is 19.2 Å². The summed E-state index contributed by atoms with van der Waals surface area (Å²) >= 11 is 0. The standard InChI is InChI=1S/C14H21NO5S/c1-18-13-6-5-12(10-14(13)19-2)21(16,17)15-8-7-11-4-3-9-20-11/h5-6,10-11,15H,3-4,7-9H2,1-2H3. The average Bonchev–Trinajstić information content (AvgIpc) is 2.99. The lowest BCUT2D eigenvalue weighted by molar-refractivity contribution is 0.105.